The van der Waals surface area contributed by atoms with E-state index in [0.717, 1.165) is 29.6 Å². The van der Waals surface area contributed by atoms with Crippen LogP contribution in [0.2, 0.25) is 0 Å². The molecule has 1 heteroatoms. The van der Waals surface area contributed by atoms with Crippen LogP contribution < -0.4 is 5.73 Å². The molecule has 0 aliphatic rings. The van der Waals surface area contributed by atoms with Crippen LogP contribution in [-0.4, -0.2) is 6.04 Å². The van der Waals surface area contributed by atoms with Gasteiger partial charge in [-0.3, -0.25) is 0 Å². The zero-order chi connectivity index (χ0) is 16.6. The second-order valence-corrected chi connectivity index (χ2v) is 7.98. The quantitative estimate of drug-likeness (QED) is 0.457. The summed E-state index contributed by atoms with van der Waals surface area (Å²) in [5.74, 6) is 4.46. The summed E-state index contributed by atoms with van der Waals surface area (Å²) in [6, 6.07) is 0.307. The third-order valence-corrected chi connectivity index (χ3v) is 5.81. The summed E-state index contributed by atoms with van der Waals surface area (Å²) in [7, 11) is 0. The van der Waals surface area contributed by atoms with E-state index in [1.165, 1.54) is 32.1 Å². The Hall–Kier alpha value is -0.0400. The van der Waals surface area contributed by atoms with Crippen LogP contribution in [0.25, 0.3) is 0 Å². The second kappa shape index (κ2) is 10.6. The lowest BCUT2D eigenvalue weighted by atomic mass is 9.65. The van der Waals surface area contributed by atoms with Gasteiger partial charge >= 0.3 is 0 Å². The van der Waals surface area contributed by atoms with Crippen molar-refractivity contribution in [1.82, 2.24) is 0 Å². The van der Waals surface area contributed by atoms with Gasteiger partial charge in [0.15, 0.2) is 0 Å². The van der Waals surface area contributed by atoms with Gasteiger partial charge in [0.2, 0.25) is 0 Å². The molecule has 0 radical (unpaired) electrons. The zero-order valence-corrected chi connectivity index (χ0v) is 16.2. The smallest absolute Gasteiger partial charge is 0.00439 e. The summed E-state index contributed by atoms with van der Waals surface area (Å²) < 4.78 is 0. The average Bonchev–Trinajstić information content (AvgIpc) is 2.38. The van der Waals surface area contributed by atoms with Crippen molar-refractivity contribution in [2.75, 3.05) is 0 Å². The molecule has 6 atom stereocenters. The van der Waals surface area contributed by atoms with Crippen LogP contribution in [0, 0.1) is 35.5 Å². The molecule has 6 unspecified atom stereocenters. The molecule has 0 saturated carbocycles. The standard InChI is InChI=1S/C20H43N/c1-9-11-12-13-16(6)20(18(8)21)17(7)19(14(3)4)15(5)10-2/h14-20H,9-13,21H2,1-8H3. The average molecular weight is 298 g/mol. The highest BCUT2D eigenvalue weighted by Crippen LogP contribution is 2.39. The van der Waals surface area contributed by atoms with Crippen molar-refractivity contribution >= 4 is 0 Å². The number of hydrogen-bond donors (Lipinski definition) is 1. The molecule has 0 aliphatic heterocycles. The maximum atomic E-state index is 6.42. The number of unbranched alkanes of at least 4 members (excludes halogenated alkanes) is 2. The van der Waals surface area contributed by atoms with Gasteiger partial charge in [-0.2, -0.15) is 0 Å². The van der Waals surface area contributed by atoms with Crippen LogP contribution in [-0.2, 0) is 0 Å². The fourth-order valence-corrected chi connectivity index (χ4v) is 4.74. The van der Waals surface area contributed by atoms with E-state index in [1.807, 2.05) is 0 Å². The molecule has 0 aliphatic carbocycles. The molecule has 2 N–H and O–H groups in total. The normalized spacial score (nSPS) is 20.9. The monoisotopic (exact) mass is 297 g/mol. The van der Waals surface area contributed by atoms with E-state index in [1.54, 1.807) is 0 Å². The van der Waals surface area contributed by atoms with Crippen LogP contribution in [0.4, 0.5) is 0 Å². The molecule has 0 fully saturated rings. The summed E-state index contributed by atoms with van der Waals surface area (Å²) in [6.45, 7) is 19.0. The first-order valence-corrected chi connectivity index (χ1v) is 9.53. The molecule has 128 valence electrons. The summed E-state index contributed by atoms with van der Waals surface area (Å²) in [5.41, 5.74) is 6.42. The van der Waals surface area contributed by atoms with E-state index in [4.69, 9.17) is 5.73 Å². The molecule has 0 amide bonds. The van der Waals surface area contributed by atoms with Crippen LogP contribution in [0.3, 0.4) is 0 Å². The lowest BCUT2D eigenvalue weighted by molar-refractivity contribution is 0.0857. The van der Waals surface area contributed by atoms with Gasteiger partial charge in [-0.1, -0.05) is 80.6 Å². The molecule has 0 spiro atoms. The highest BCUT2D eigenvalue weighted by Gasteiger charge is 2.35. The molecule has 0 aromatic heterocycles. The molecule has 1 nitrogen and oxygen atoms in total. The van der Waals surface area contributed by atoms with Gasteiger partial charge in [0, 0.05) is 6.04 Å². The minimum atomic E-state index is 0.307. The van der Waals surface area contributed by atoms with Gasteiger partial charge in [-0.15, -0.1) is 0 Å². The first-order chi connectivity index (χ1) is 9.77. The van der Waals surface area contributed by atoms with Crippen LogP contribution in [0.5, 0.6) is 0 Å². The van der Waals surface area contributed by atoms with Crippen molar-refractivity contribution in [1.29, 1.82) is 0 Å². The van der Waals surface area contributed by atoms with E-state index in [9.17, 15) is 0 Å². The molecular weight excluding hydrogens is 254 g/mol. The summed E-state index contributed by atoms with van der Waals surface area (Å²) in [6.07, 6.45) is 6.66. The number of rotatable bonds is 11. The van der Waals surface area contributed by atoms with E-state index < -0.39 is 0 Å². The number of nitrogens with two attached hydrogens (primary N) is 1. The lowest BCUT2D eigenvalue weighted by Gasteiger charge is -2.41. The van der Waals surface area contributed by atoms with E-state index in [-0.39, 0.29) is 0 Å². The topological polar surface area (TPSA) is 26.0 Å². The van der Waals surface area contributed by atoms with Gasteiger partial charge in [0.25, 0.3) is 0 Å². The Morgan fingerprint density at radius 1 is 0.762 bits per heavy atom. The molecule has 21 heavy (non-hydrogen) atoms. The largest absolute Gasteiger partial charge is 0.328 e. The van der Waals surface area contributed by atoms with Crippen molar-refractivity contribution in [2.24, 2.45) is 41.2 Å². The van der Waals surface area contributed by atoms with Gasteiger partial charge in [-0.05, 0) is 42.4 Å². The van der Waals surface area contributed by atoms with E-state index in [0.29, 0.717) is 12.0 Å². The fraction of sp³-hybridized carbons (Fsp3) is 1.00. The molecule has 0 aromatic carbocycles. The van der Waals surface area contributed by atoms with Crippen molar-refractivity contribution in [3.63, 3.8) is 0 Å². The summed E-state index contributed by atoms with van der Waals surface area (Å²) in [4.78, 5) is 0. The Labute approximate surface area is 135 Å². The van der Waals surface area contributed by atoms with E-state index >= 15 is 0 Å². The first-order valence-electron chi connectivity index (χ1n) is 9.53. The Morgan fingerprint density at radius 3 is 1.71 bits per heavy atom. The summed E-state index contributed by atoms with van der Waals surface area (Å²) >= 11 is 0. The van der Waals surface area contributed by atoms with E-state index in [2.05, 4.69) is 55.4 Å². The SMILES string of the molecule is CCCCCC(C)C(C(C)N)C(C)C(C(C)C)C(C)CC. The molecule has 0 saturated heterocycles. The van der Waals surface area contributed by atoms with Gasteiger partial charge in [0.05, 0.1) is 0 Å². The Kier molecular flexibility index (Phi) is 10.6. The molecule has 0 heterocycles. The van der Waals surface area contributed by atoms with Crippen LogP contribution >= 0.6 is 0 Å². The van der Waals surface area contributed by atoms with Gasteiger partial charge in [0.1, 0.15) is 0 Å². The third kappa shape index (κ3) is 6.72. The molecule has 0 aromatic rings. The van der Waals surface area contributed by atoms with Crippen molar-refractivity contribution < 1.29 is 0 Å². The highest BCUT2D eigenvalue weighted by atomic mass is 14.7. The predicted molar refractivity (Wildman–Crippen MR) is 97.4 cm³/mol. The van der Waals surface area contributed by atoms with Crippen LogP contribution in [0.1, 0.15) is 87.5 Å². The zero-order valence-electron chi connectivity index (χ0n) is 16.2. The fourth-order valence-electron chi connectivity index (χ4n) is 4.74. The van der Waals surface area contributed by atoms with Crippen molar-refractivity contribution in [3.05, 3.63) is 0 Å². The second-order valence-electron chi connectivity index (χ2n) is 7.98. The Balaban J connectivity index is 4.97. The molecule has 0 rings (SSSR count). The molecular formula is C20H43N. The Bertz CT molecular complexity index is 246. The van der Waals surface area contributed by atoms with Crippen molar-refractivity contribution in [2.45, 2.75) is 93.5 Å². The maximum absolute atomic E-state index is 6.42. The van der Waals surface area contributed by atoms with Crippen molar-refractivity contribution in [3.8, 4) is 0 Å². The van der Waals surface area contributed by atoms with Gasteiger partial charge < -0.3 is 5.73 Å². The minimum Gasteiger partial charge on any atom is -0.328 e. The Morgan fingerprint density at radius 2 is 1.33 bits per heavy atom. The first kappa shape index (κ1) is 21.0. The van der Waals surface area contributed by atoms with Gasteiger partial charge in [-0.25, -0.2) is 0 Å². The molecule has 0 bridgehead atoms. The minimum absolute atomic E-state index is 0.307. The maximum Gasteiger partial charge on any atom is 0.00439 e. The predicted octanol–water partition coefficient (Wildman–Crippen LogP) is 6.12. The lowest BCUT2D eigenvalue weighted by Crippen LogP contribution is -2.41. The third-order valence-electron chi connectivity index (χ3n) is 5.81. The summed E-state index contributed by atoms with van der Waals surface area (Å²) in [5, 5.41) is 0. The van der Waals surface area contributed by atoms with Crippen LogP contribution in [0.15, 0.2) is 0 Å². The highest BCUT2D eigenvalue weighted by molar-refractivity contribution is 4.86. The number of hydrogen-bond acceptors (Lipinski definition) is 1.